The minimum Gasteiger partial charge on any atom is -0.327 e. The van der Waals surface area contributed by atoms with Gasteiger partial charge < -0.3 is 11.1 Å². The summed E-state index contributed by atoms with van der Waals surface area (Å²) in [5.74, 6) is 2.55. The van der Waals surface area contributed by atoms with Gasteiger partial charge in [-0.15, -0.1) is 0 Å². The smallest absolute Gasteiger partial charge is 0.0110 e. The van der Waals surface area contributed by atoms with Crippen LogP contribution in [0.2, 0.25) is 0 Å². The quantitative estimate of drug-likeness (QED) is 0.727. The molecule has 2 saturated carbocycles. The van der Waals surface area contributed by atoms with Crippen molar-refractivity contribution in [3.05, 3.63) is 0 Å². The highest BCUT2D eigenvalue weighted by atomic mass is 14.9. The van der Waals surface area contributed by atoms with Gasteiger partial charge in [-0.05, 0) is 56.9 Å². The maximum Gasteiger partial charge on any atom is 0.0110 e. The molecule has 94 valence electrons. The molecule has 2 heteroatoms. The topological polar surface area (TPSA) is 38.0 Å². The highest BCUT2D eigenvalue weighted by molar-refractivity contribution is 4.99. The predicted molar refractivity (Wildman–Crippen MR) is 69.3 cm³/mol. The normalized spacial score (nSPS) is 39.2. The van der Waals surface area contributed by atoms with Crippen molar-refractivity contribution >= 4 is 0 Å². The van der Waals surface area contributed by atoms with Gasteiger partial charge in [-0.2, -0.15) is 0 Å². The summed E-state index contributed by atoms with van der Waals surface area (Å²) in [7, 11) is 0. The van der Waals surface area contributed by atoms with E-state index in [2.05, 4.69) is 19.2 Å². The number of nitrogens with two attached hydrogens (primary N) is 1. The van der Waals surface area contributed by atoms with Gasteiger partial charge in [0.1, 0.15) is 0 Å². The molecule has 5 unspecified atom stereocenters. The summed E-state index contributed by atoms with van der Waals surface area (Å²) in [4.78, 5) is 0. The first kappa shape index (κ1) is 12.4. The van der Waals surface area contributed by atoms with E-state index in [1.807, 2.05) is 0 Å². The van der Waals surface area contributed by atoms with Gasteiger partial charge in [0.25, 0.3) is 0 Å². The van der Waals surface area contributed by atoms with Crippen molar-refractivity contribution in [2.75, 3.05) is 6.54 Å². The van der Waals surface area contributed by atoms with Crippen molar-refractivity contribution in [2.24, 2.45) is 23.5 Å². The molecule has 0 aromatic rings. The lowest BCUT2D eigenvalue weighted by Gasteiger charge is -2.29. The largest absolute Gasteiger partial charge is 0.327 e. The Kier molecular flexibility index (Phi) is 4.26. The molecule has 0 aromatic carbocycles. The first-order valence-corrected chi connectivity index (χ1v) is 7.21. The lowest BCUT2D eigenvalue weighted by molar-refractivity contribution is 0.269. The van der Waals surface area contributed by atoms with E-state index in [1.54, 1.807) is 0 Å². The number of unbranched alkanes of at least 4 members (excludes halogenated alkanes) is 1. The Balaban J connectivity index is 1.70. The van der Waals surface area contributed by atoms with Crippen LogP contribution in [-0.2, 0) is 0 Å². The standard InChI is InChI=1S/C14H28N2/c1-3-4-5-10(2)16-9-13-11-6-7-12(8-11)14(13)15/h10-14,16H,3-9,15H2,1-2H3. The van der Waals surface area contributed by atoms with E-state index in [1.165, 1.54) is 38.5 Å². The molecular formula is C14H28N2. The molecule has 0 aliphatic heterocycles. The van der Waals surface area contributed by atoms with Crippen molar-refractivity contribution in [2.45, 2.75) is 64.5 Å². The second kappa shape index (κ2) is 5.50. The van der Waals surface area contributed by atoms with E-state index >= 15 is 0 Å². The van der Waals surface area contributed by atoms with Gasteiger partial charge in [-0.3, -0.25) is 0 Å². The van der Waals surface area contributed by atoms with Crippen LogP contribution < -0.4 is 11.1 Å². The van der Waals surface area contributed by atoms with Crippen molar-refractivity contribution in [3.8, 4) is 0 Å². The summed E-state index contributed by atoms with van der Waals surface area (Å²) in [6.07, 6.45) is 8.21. The second-order valence-corrected chi connectivity index (χ2v) is 6.03. The Morgan fingerprint density at radius 1 is 1.31 bits per heavy atom. The van der Waals surface area contributed by atoms with E-state index in [-0.39, 0.29) is 0 Å². The van der Waals surface area contributed by atoms with E-state index in [9.17, 15) is 0 Å². The van der Waals surface area contributed by atoms with Crippen LogP contribution in [0.1, 0.15) is 52.4 Å². The van der Waals surface area contributed by atoms with Crippen LogP contribution in [0.3, 0.4) is 0 Å². The molecule has 2 nitrogen and oxygen atoms in total. The second-order valence-electron chi connectivity index (χ2n) is 6.03. The summed E-state index contributed by atoms with van der Waals surface area (Å²) < 4.78 is 0. The molecular weight excluding hydrogens is 196 g/mol. The van der Waals surface area contributed by atoms with Gasteiger partial charge in [0.2, 0.25) is 0 Å². The summed E-state index contributed by atoms with van der Waals surface area (Å²) >= 11 is 0. The predicted octanol–water partition coefficient (Wildman–Crippen LogP) is 2.53. The highest BCUT2D eigenvalue weighted by Gasteiger charge is 2.45. The van der Waals surface area contributed by atoms with E-state index < -0.39 is 0 Å². The van der Waals surface area contributed by atoms with E-state index in [0.717, 1.165) is 24.3 Å². The minimum atomic E-state index is 0.490. The fourth-order valence-electron chi connectivity index (χ4n) is 3.71. The molecule has 2 bridgehead atoms. The Hall–Kier alpha value is -0.0800. The molecule has 3 N–H and O–H groups in total. The third kappa shape index (κ3) is 2.60. The van der Waals surface area contributed by atoms with Crippen LogP contribution >= 0.6 is 0 Å². The Morgan fingerprint density at radius 3 is 2.69 bits per heavy atom. The van der Waals surface area contributed by atoms with Crippen LogP contribution in [0.25, 0.3) is 0 Å². The molecule has 2 aliphatic carbocycles. The van der Waals surface area contributed by atoms with Gasteiger partial charge in [0, 0.05) is 12.1 Å². The third-order valence-electron chi connectivity index (χ3n) is 4.85. The van der Waals surface area contributed by atoms with Gasteiger partial charge >= 0.3 is 0 Å². The number of hydrogen-bond acceptors (Lipinski definition) is 2. The Labute approximate surface area is 100 Å². The van der Waals surface area contributed by atoms with Gasteiger partial charge in [-0.25, -0.2) is 0 Å². The van der Waals surface area contributed by atoms with Crippen LogP contribution in [0.15, 0.2) is 0 Å². The number of hydrogen-bond donors (Lipinski definition) is 2. The average molecular weight is 224 g/mol. The molecule has 0 spiro atoms. The Morgan fingerprint density at radius 2 is 2.06 bits per heavy atom. The zero-order valence-corrected chi connectivity index (χ0v) is 10.9. The molecule has 2 rings (SSSR count). The average Bonchev–Trinajstić information content (AvgIpc) is 2.85. The molecule has 0 amide bonds. The van der Waals surface area contributed by atoms with Gasteiger partial charge in [-0.1, -0.05) is 19.8 Å². The summed E-state index contributed by atoms with van der Waals surface area (Å²) in [6.45, 7) is 5.74. The minimum absolute atomic E-state index is 0.490. The lowest BCUT2D eigenvalue weighted by atomic mass is 9.85. The van der Waals surface area contributed by atoms with Crippen molar-refractivity contribution in [3.63, 3.8) is 0 Å². The summed E-state index contributed by atoms with van der Waals surface area (Å²) in [5.41, 5.74) is 6.31. The summed E-state index contributed by atoms with van der Waals surface area (Å²) in [6, 6.07) is 1.16. The number of nitrogens with one attached hydrogen (secondary N) is 1. The SMILES string of the molecule is CCCCC(C)NCC1C2CCC(C2)C1N. The van der Waals surface area contributed by atoms with E-state index in [0.29, 0.717) is 12.1 Å². The highest BCUT2D eigenvalue weighted by Crippen LogP contribution is 2.47. The maximum absolute atomic E-state index is 6.31. The first-order chi connectivity index (χ1) is 7.72. The monoisotopic (exact) mass is 224 g/mol. The molecule has 0 aromatic heterocycles. The summed E-state index contributed by atoms with van der Waals surface area (Å²) in [5, 5.41) is 3.69. The first-order valence-electron chi connectivity index (χ1n) is 7.21. The van der Waals surface area contributed by atoms with Crippen molar-refractivity contribution in [1.82, 2.24) is 5.32 Å². The number of rotatable bonds is 6. The molecule has 0 saturated heterocycles. The molecule has 16 heavy (non-hydrogen) atoms. The van der Waals surface area contributed by atoms with E-state index in [4.69, 9.17) is 5.73 Å². The lowest BCUT2D eigenvalue weighted by Crippen LogP contribution is -2.43. The molecule has 2 aliphatic rings. The zero-order valence-electron chi connectivity index (χ0n) is 10.9. The van der Waals surface area contributed by atoms with Gasteiger partial charge in [0.15, 0.2) is 0 Å². The third-order valence-corrected chi connectivity index (χ3v) is 4.85. The molecule has 0 radical (unpaired) electrons. The van der Waals surface area contributed by atoms with Crippen molar-refractivity contribution in [1.29, 1.82) is 0 Å². The van der Waals surface area contributed by atoms with Crippen LogP contribution in [0.4, 0.5) is 0 Å². The zero-order chi connectivity index (χ0) is 11.5. The molecule has 5 atom stereocenters. The van der Waals surface area contributed by atoms with Crippen molar-refractivity contribution < 1.29 is 0 Å². The van der Waals surface area contributed by atoms with Crippen LogP contribution in [-0.4, -0.2) is 18.6 Å². The fourth-order valence-corrected chi connectivity index (χ4v) is 3.71. The van der Waals surface area contributed by atoms with Crippen LogP contribution in [0.5, 0.6) is 0 Å². The van der Waals surface area contributed by atoms with Gasteiger partial charge in [0.05, 0.1) is 0 Å². The Bertz CT molecular complexity index is 215. The number of fused-ring (bicyclic) bond motifs is 2. The fraction of sp³-hybridized carbons (Fsp3) is 1.00. The molecule has 2 fully saturated rings. The molecule has 0 heterocycles. The van der Waals surface area contributed by atoms with Crippen LogP contribution in [0, 0.1) is 17.8 Å². The maximum atomic E-state index is 6.31.